The number of esters is 2. The molecule has 0 spiro atoms. The Morgan fingerprint density at radius 2 is 2.17 bits per heavy atom. The van der Waals surface area contributed by atoms with Crippen molar-refractivity contribution in [2.75, 3.05) is 13.3 Å². The van der Waals surface area contributed by atoms with Crippen LogP contribution in [-0.2, 0) is 23.8 Å². The molecular weight excluding hydrogens is 327 g/mol. The fourth-order valence-corrected chi connectivity index (χ4v) is 2.80. The largest absolute Gasteiger partial charge is 0.463 e. The summed E-state index contributed by atoms with van der Waals surface area (Å²) in [6, 6.07) is 1.18. The third-order valence-electron chi connectivity index (χ3n) is 3.81. The van der Waals surface area contributed by atoms with Crippen molar-refractivity contribution in [2.24, 2.45) is 0 Å². The van der Waals surface area contributed by atoms with Gasteiger partial charge in [0.15, 0.2) is 24.0 Å². The molecule has 0 aromatic carbocycles. The van der Waals surface area contributed by atoms with Crippen LogP contribution < -0.4 is 10.3 Å². The summed E-state index contributed by atoms with van der Waals surface area (Å²) in [5.41, 5.74) is -2.21. The first-order valence-corrected chi connectivity index (χ1v) is 7.16. The lowest BCUT2D eigenvalue weighted by Gasteiger charge is -2.31. The quantitative estimate of drug-likeness (QED) is 0.689. The van der Waals surface area contributed by atoms with Crippen LogP contribution in [0.25, 0.3) is 0 Å². The van der Waals surface area contributed by atoms with Gasteiger partial charge in [-0.3, -0.25) is 19.0 Å². The van der Waals surface area contributed by atoms with Crippen molar-refractivity contribution in [3.8, 4) is 6.01 Å². The highest BCUT2D eigenvalue weighted by Gasteiger charge is 2.63. The summed E-state index contributed by atoms with van der Waals surface area (Å²) in [6.07, 6.45) is -1.58. The third kappa shape index (κ3) is 2.62. The van der Waals surface area contributed by atoms with Crippen molar-refractivity contribution in [3.63, 3.8) is 0 Å². The summed E-state index contributed by atoms with van der Waals surface area (Å²) in [6.45, 7) is 0.807. The highest BCUT2D eigenvalue weighted by molar-refractivity contribution is 5.67. The summed E-state index contributed by atoms with van der Waals surface area (Å²) in [4.78, 5) is 37.5. The molecule has 0 bridgehead atoms. The molecule has 4 atom stereocenters. The van der Waals surface area contributed by atoms with Crippen LogP contribution in [-0.4, -0.2) is 52.6 Å². The van der Waals surface area contributed by atoms with Gasteiger partial charge in [-0.05, 0) is 0 Å². The summed E-state index contributed by atoms with van der Waals surface area (Å²) in [5, 5.41) is 0. The van der Waals surface area contributed by atoms with Crippen molar-refractivity contribution < 1.29 is 32.9 Å². The molecule has 1 saturated heterocycles. The van der Waals surface area contributed by atoms with Crippen molar-refractivity contribution in [3.05, 3.63) is 22.6 Å². The summed E-state index contributed by atoms with van der Waals surface area (Å²) < 4.78 is 36.5. The Kier molecular flexibility index (Phi) is 3.99. The van der Waals surface area contributed by atoms with Crippen LogP contribution in [0.3, 0.4) is 0 Å². The van der Waals surface area contributed by atoms with Gasteiger partial charge in [0.25, 0.3) is 5.56 Å². The van der Waals surface area contributed by atoms with Crippen molar-refractivity contribution in [1.29, 1.82) is 0 Å². The van der Waals surface area contributed by atoms with Crippen molar-refractivity contribution in [1.82, 2.24) is 9.55 Å². The molecule has 9 nitrogen and oxygen atoms in total. The average molecular weight is 342 g/mol. The molecule has 1 aromatic heterocycles. The fourth-order valence-electron chi connectivity index (χ4n) is 2.80. The van der Waals surface area contributed by atoms with Gasteiger partial charge >= 0.3 is 17.9 Å². The zero-order valence-electron chi connectivity index (χ0n) is 12.9. The Morgan fingerprint density at radius 3 is 2.79 bits per heavy atom. The van der Waals surface area contributed by atoms with Crippen LogP contribution in [0, 0.1) is 0 Å². The maximum atomic E-state index is 13.8. The van der Waals surface area contributed by atoms with Crippen LogP contribution >= 0.6 is 0 Å². The molecule has 0 unspecified atom stereocenters. The normalized spacial score (nSPS) is 30.2. The minimum absolute atomic E-state index is 0.0189. The second-order valence-electron chi connectivity index (χ2n) is 5.56. The fraction of sp³-hybridized carbons (Fsp3) is 0.571. The van der Waals surface area contributed by atoms with Gasteiger partial charge in [-0.2, -0.15) is 4.98 Å². The van der Waals surface area contributed by atoms with Crippen LogP contribution in [0.15, 0.2) is 17.1 Å². The lowest BCUT2D eigenvalue weighted by Crippen LogP contribution is -2.52. The minimum atomic E-state index is -1.70. The van der Waals surface area contributed by atoms with Gasteiger partial charge in [-0.1, -0.05) is 0 Å². The number of nitrogens with zero attached hydrogens (tertiary/aromatic N) is 2. The summed E-state index contributed by atoms with van der Waals surface area (Å²) in [5.74, 6) is -1.30. The number of ether oxygens (including phenoxy) is 4. The number of carbonyl (C=O) groups is 2. The van der Waals surface area contributed by atoms with Crippen molar-refractivity contribution in [2.45, 2.75) is 37.9 Å². The number of carbonyl (C=O) groups excluding carboxylic acids is 2. The SMILES string of the molecule is CC(=O)OC[C@@]1(CF)O[C@@H]2[C@@H](Oc3nc(=O)ccn32)[C@@H]1OC(C)=O. The van der Waals surface area contributed by atoms with E-state index in [2.05, 4.69) is 4.98 Å². The predicted octanol–water partition coefficient (Wildman–Crippen LogP) is -0.264. The molecule has 3 rings (SSSR count). The van der Waals surface area contributed by atoms with E-state index in [1.165, 1.54) is 23.8 Å². The maximum Gasteiger partial charge on any atom is 0.303 e. The standard InChI is InChI=1S/C14H15FN2O7/c1-7(18)21-6-14(5-15)11(22-8(2)19)10-12(24-14)17-4-3-9(20)16-13(17)23-10/h3-4,10-12H,5-6H2,1-2H3/t10-,11-,12+,14+/m0/s1. The smallest absolute Gasteiger partial charge is 0.303 e. The molecule has 0 radical (unpaired) electrons. The molecule has 0 saturated carbocycles. The summed E-state index contributed by atoms with van der Waals surface area (Å²) in [7, 11) is 0. The van der Waals surface area contributed by atoms with E-state index in [9.17, 15) is 18.8 Å². The first kappa shape index (κ1) is 16.4. The van der Waals surface area contributed by atoms with E-state index >= 15 is 0 Å². The molecule has 10 heteroatoms. The number of hydrogen-bond donors (Lipinski definition) is 0. The van der Waals surface area contributed by atoms with Crippen LogP contribution in [0.5, 0.6) is 6.01 Å². The number of aromatic nitrogens is 2. The van der Waals surface area contributed by atoms with Gasteiger partial charge in [-0.15, -0.1) is 0 Å². The number of alkyl halides is 1. The van der Waals surface area contributed by atoms with Gasteiger partial charge in [0.05, 0.1) is 0 Å². The van der Waals surface area contributed by atoms with Crippen molar-refractivity contribution >= 4 is 11.9 Å². The number of hydrogen-bond acceptors (Lipinski definition) is 8. The Labute approximate surface area is 135 Å². The highest BCUT2D eigenvalue weighted by Crippen LogP contribution is 2.45. The lowest BCUT2D eigenvalue weighted by molar-refractivity contribution is -0.181. The molecule has 24 heavy (non-hydrogen) atoms. The van der Waals surface area contributed by atoms with Gasteiger partial charge in [-0.25, -0.2) is 4.39 Å². The van der Waals surface area contributed by atoms with E-state index in [-0.39, 0.29) is 6.01 Å². The van der Waals surface area contributed by atoms with Gasteiger partial charge < -0.3 is 18.9 Å². The van der Waals surface area contributed by atoms with Crippen LogP contribution in [0.4, 0.5) is 4.39 Å². The molecule has 0 aliphatic carbocycles. The predicted molar refractivity (Wildman–Crippen MR) is 73.9 cm³/mol. The van der Waals surface area contributed by atoms with Gasteiger partial charge in [0.1, 0.15) is 13.3 Å². The monoisotopic (exact) mass is 342 g/mol. The van der Waals surface area contributed by atoms with E-state index in [1.807, 2.05) is 0 Å². The topological polar surface area (TPSA) is 106 Å². The van der Waals surface area contributed by atoms with E-state index in [0.29, 0.717) is 0 Å². The number of rotatable bonds is 4. The molecule has 1 aromatic rings. The second kappa shape index (κ2) is 5.86. The Hall–Kier alpha value is -2.49. The molecule has 0 amide bonds. The second-order valence-corrected chi connectivity index (χ2v) is 5.56. The van der Waals surface area contributed by atoms with Crippen LogP contribution in [0.1, 0.15) is 20.1 Å². The third-order valence-corrected chi connectivity index (χ3v) is 3.81. The molecular formula is C14H15FN2O7. The van der Waals surface area contributed by atoms with E-state index < -0.39 is 54.8 Å². The molecule has 2 aliphatic heterocycles. The Morgan fingerprint density at radius 1 is 1.42 bits per heavy atom. The van der Waals surface area contributed by atoms with E-state index in [1.54, 1.807) is 0 Å². The first-order chi connectivity index (χ1) is 11.4. The molecule has 3 heterocycles. The Bertz CT molecular complexity index is 736. The first-order valence-electron chi connectivity index (χ1n) is 7.16. The van der Waals surface area contributed by atoms with E-state index in [4.69, 9.17) is 18.9 Å². The zero-order valence-corrected chi connectivity index (χ0v) is 12.9. The molecule has 2 aliphatic rings. The van der Waals surface area contributed by atoms with Gasteiger partial charge in [0.2, 0.25) is 0 Å². The zero-order chi connectivity index (χ0) is 17.5. The number of halogens is 1. The highest BCUT2D eigenvalue weighted by atomic mass is 19.1. The molecule has 0 N–H and O–H groups in total. The lowest BCUT2D eigenvalue weighted by atomic mass is 9.97. The number of fused-ring (bicyclic) bond motifs is 3. The summed E-state index contributed by atoms with van der Waals surface area (Å²) >= 11 is 0. The maximum absolute atomic E-state index is 13.8. The van der Waals surface area contributed by atoms with Gasteiger partial charge in [0, 0.05) is 26.1 Å². The van der Waals surface area contributed by atoms with Crippen LogP contribution in [0.2, 0.25) is 0 Å². The van der Waals surface area contributed by atoms with E-state index in [0.717, 1.165) is 6.92 Å². The molecule has 1 fully saturated rings. The average Bonchev–Trinajstić information content (AvgIpc) is 2.99. The molecule has 130 valence electrons. The Balaban J connectivity index is 1.96. The minimum Gasteiger partial charge on any atom is -0.463 e.